The van der Waals surface area contributed by atoms with Gasteiger partial charge in [0.15, 0.2) is 6.61 Å². The van der Waals surface area contributed by atoms with Crippen molar-refractivity contribution < 1.29 is 9.53 Å². The van der Waals surface area contributed by atoms with Gasteiger partial charge in [0.2, 0.25) is 0 Å². The second kappa shape index (κ2) is 11.0. The molecule has 2 rings (SSSR count). The van der Waals surface area contributed by atoms with Crippen LogP contribution in [0.3, 0.4) is 0 Å². The Hall–Kier alpha value is -0.810. The standard InChI is InChI=1S/C20H31NO2S2/c1-15(2)6-4-7-16(3)21-19(22)14-23-18-10-8-17(9-11-18)20-24-12-5-13-25-20/h8-11,15-16,20H,4-7,12-14H2,1-3H3,(H,21,22). The summed E-state index contributed by atoms with van der Waals surface area (Å²) in [5.74, 6) is 3.92. The van der Waals surface area contributed by atoms with E-state index in [0.29, 0.717) is 4.58 Å². The fourth-order valence-corrected chi connectivity index (χ4v) is 5.67. The van der Waals surface area contributed by atoms with Gasteiger partial charge < -0.3 is 10.1 Å². The molecule has 1 heterocycles. The zero-order chi connectivity index (χ0) is 18.1. The Morgan fingerprint density at radius 2 is 1.84 bits per heavy atom. The monoisotopic (exact) mass is 381 g/mol. The number of nitrogens with one attached hydrogen (secondary N) is 1. The van der Waals surface area contributed by atoms with Crippen LogP contribution in [0.25, 0.3) is 0 Å². The van der Waals surface area contributed by atoms with Gasteiger partial charge in [0.05, 0.1) is 4.58 Å². The Balaban J connectivity index is 1.68. The van der Waals surface area contributed by atoms with Gasteiger partial charge in [-0.15, -0.1) is 23.5 Å². The molecule has 1 atom stereocenters. The molecule has 0 radical (unpaired) electrons. The third-order valence-electron chi connectivity index (χ3n) is 4.18. The van der Waals surface area contributed by atoms with E-state index in [1.54, 1.807) is 0 Å². The summed E-state index contributed by atoms with van der Waals surface area (Å²) in [5, 5.41) is 3.02. The lowest BCUT2D eigenvalue weighted by Gasteiger charge is -2.21. The van der Waals surface area contributed by atoms with Gasteiger partial charge in [-0.1, -0.05) is 38.8 Å². The van der Waals surface area contributed by atoms with Crippen LogP contribution >= 0.6 is 23.5 Å². The fourth-order valence-electron chi connectivity index (χ4n) is 2.77. The van der Waals surface area contributed by atoms with Gasteiger partial charge in [-0.2, -0.15) is 0 Å². The summed E-state index contributed by atoms with van der Waals surface area (Å²) in [6, 6.07) is 8.40. The van der Waals surface area contributed by atoms with E-state index < -0.39 is 0 Å². The maximum absolute atomic E-state index is 12.0. The largest absolute Gasteiger partial charge is 0.484 e. The number of carbonyl (C=O) groups excluding carboxylic acids is 1. The lowest BCUT2D eigenvalue weighted by atomic mass is 10.0. The zero-order valence-corrected chi connectivity index (χ0v) is 17.3. The molecule has 140 valence electrons. The zero-order valence-electron chi connectivity index (χ0n) is 15.6. The fraction of sp³-hybridized carbons (Fsp3) is 0.650. The molecule has 0 saturated carbocycles. The van der Waals surface area contributed by atoms with Gasteiger partial charge in [-0.25, -0.2) is 0 Å². The first-order valence-corrected chi connectivity index (χ1v) is 11.4. The van der Waals surface area contributed by atoms with Crippen molar-refractivity contribution in [3.8, 4) is 5.75 Å². The van der Waals surface area contributed by atoms with Crippen molar-refractivity contribution in [3.05, 3.63) is 29.8 Å². The van der Waals surface area contributed by atoms with Crippen LogP contribution < -0.4 is 10.1 Å². The van der Waals surface area contributed by atoms with Crippen molar-refractivity contribution >= 4 is 29.4 Å². The van der Waals surface area contributed by atoms with Gasteiger partial charge in [-0.3, -0.25) is 4.79 Å². The van der Waals surface area contributed by atoms with Gasteiger partial charge in [-0.05, 0) is 54.9 Å². The molecule has 0 bridgehead atoms. The highest BCUT2D eigenvalue weighted by atomic mass is 32.2. The first-order valence-electron chi connectivity index (χ1n) is 9.30. The number of thioether (sulfide) groups is 2. The molecule has 5 heteroatoms. The van der Waals surface area contributed by atoms with Crippen LogP contribution in [0.1, 0.15) is 56.6 Å². The molecule has 1 aliphatic heterocycles. The van der Waals surface area contributed by atoms with E-state index in [1.165, 1.54) is 29.9 Å². The van der Waals surface area contributed by atoms with Crippen LogP contribution in [-0.2, 0) is 4.79 Å². The van der Waals surface area contributed by atoms with Crippen LogP contribution in [0.5, 0.6) is 5.75 Å². The van der Waals surface area contributed by atoms with E-state index in [0.717, 1.165) is 24.5 Å². The summed E-state index contributed by atoms with van der Waals surface area (Å²) < 4.78 is 6.17. The van der Waals surface area contributed by atoms with Crippen molar-refractivity contribution in [1.29, 1.82) is 0 Å². The molecule has 0 spiro atoms. The molecule has 0 aromatic heterocycles. The van der Waals surface area contributed by atoms with E-state index in [4.69, 9.17) is 4.74 Å². The van der Waals surface area contributed by atoms with Crippen LogP contribution in [-0.4, -0.2) is 30.1 Å². The second-order valence-corrected chi connectivity index (χ2v) is 9.80. The minimum absolute atomic E-state index is 0.0421. The van der Waals surface area contributed by atoms with Crippen molar-refractivity contribution in [2.45, 2.75) is 57.1 Å². The third-order valence-corrected chi connectivity index (χ3v) is 7.19. The number of rotatable bonds is 9. The molecule has 25 heavy (non-hydrogen) atoms. The van der Waals surface area contributed by atoms with Crippen LogP contribution in [0.2, 0.25) is 0 Å². The number of ether oxygens (including phenoxy) is 1. The van der Waals surface area contributed by atoms with E-state index in [2.05, 4.69) is 38.2 Å². The minimum Gasteiger partial charge on any atom is -0.484 e. The smallest absolute Gasteiger partial charge is 0.258 e. The first-order chi connectivity index (χ1) is 12.0. The quantitative estimate of drug-likeness (QED) is 0.633. The molecule has 1 aliphatic rings. The Kier molecular flexibility index (Phi) is 9.04. The molecule has 1 aromatic rings. The molecular weight excluding hydrogens is 350 g/mol. The van der Waals surface area contributed by atoms with E-state index in [-0.39, 0.29) is 18.6 Å². The molecule has 0 aliphatic carbocycles. The summed E-state index contributed by atoms with van der Waals surface area (Å²) in [7, 11) is 0. The number of hydrogen-bond acceptors (Lipinski definition) is 4. The van der Waals surface area contributed by atoms with Gasteiger partial charge in [0.25, 0.3) is 5.91 Å². The topological polar surface area (TPSA) is 38.3 Å². The summed E-state index contributed by atoms with van der Waals surface area (Å²) in [5.41, 5.74) is 1.34. The normalized spacial score (nSPS) is 16.6. The van der Waals surface area contributed by atoms with Gasteiger partial charge in [0, 0.05) is 6.04 Å². The summed E-state index contributed by atoms with van der Waals surface area (Å²) >= 11 is 4.03. The molecular formula is C20H31NO2S2. The molecule has 1 unspecified atom stereocenters. The summed E-state index contributed by atoms with van der Waals surface area (Å²) in [4.78, 5) is 12.0. The molecule has 3 nitrogen and oxygen atoms in total. The average molecular weight is 382 g/mol. The Labute approximate surface area is 161 Å². The number of carbonyl (C=O) groups is 1. The van der Waals surface area contributed by atoms with Crippen molar-refractivity contribution in [3.63, 3.8) is 0 Å². The van der Waals surface area contributed by atoms with Crippen LogP contribution in [0.15, 0.2) is 24.3 Å². The predicted octanol–water partition coefficient (Wildman–Crippen LogP) is 5.27. The maximum atomic E-state index is 12.0. The van der Waals surface area contributed by atoms with Crippen molar-refractivity contribution in [1.82, 2.24) is 5.32 Å². The molecule has 1 N–H and O–H groups in total. The number of hydrogen-bond donors (Lipinski definition) is 1. The average Bonchev–Trinajstić information content (AvgIpc) is 2.61. The van der Waals surface area contributed by atoms with Crippen LogP contribution in [0.4, 0.5) is 0 Å². The lowest BCUT2D eigenvalue weighted by molar-refractivity contribution is -0.123. The predicted molar refractivity (Wildman–Crippen MR) is 111 cm³/mol. The van der Waals surface area contributed by atoms with E-state index in [1.807, 2.05) is 35.7 Å². The van der Waals surface area contributed by atoms with Crippen molar-refractivity contribution in [2.75, 3.05) is 18.1 Å². The molecule has 1 amide bonds. The summed E-state index contributed by atoms with van der Waals surface area (Å²) in [6.07, 6.45) is 4.69. The number of amides is 1. The first kappa shape index (κ1) is 20.5. The Bertz CT molecular complexity index is 513. The van der Waals surface area contributed by atoms with E-state index in [9.17, 15) is 4.79 Å². The molecule has 1 fully saturated rings. The third kappa shape index (κ3) is 7.95. The van der Waals surface area contributed by atoms with Gasteiger partial charge in [0.1, 0.15) is 5.75 Å². The van der Waals surface area contributed by atoms with E-state index >= 15 is 0 Å². The summed E-state index contributed by atoms with van der Waals surface area (Å²) in [6.45, 7) is 6.61. The highest BCUT2D eigenvalue weighted by Gasteiger charge is 2.16. The highest BCUT2D eigenvalue weighted by Crippen LogP contribution is 2.43. The molecule has 1 aromatic carbocycles. The Morgan fingerprint density at radius 1 is 1.16 bits per heavy atom. The second-order valence-electron chi connectivity index (χ2n) is 7.08. The highest BCUT2D eigenvalue weighted by molar-refractivity contribution is 8.16. The van der Waals surface area contributed by atoms with Crippen LogP contribution in [0, 0.1) is 5.92 Å². The Morgan fingerprint density at radius 3 is 2.48 bits per heavy atom. The van der Waals surface area contributed by atoms with Gasteiger partial charge >= 0.3 is 0 Å². The number of benzene rings is 1. The minimum atomic E-state index is -0.0421. The lowest BCUT2D eigenvalue weighted by Crippen LogP contribution is -2.36. The maximum Gasteiger partial charge on any atom is 0.258 e. The molecule has 1 saturated heterocycles. The van der Waals surface area contributed by atoms with Crippen molar-refractivity contribution in [2.24, 2.45) is 5.92 Å². The SMILES string of the molecule is CC(C)CCCC(C)NC(=O)COc1ccc(C2SCCCS2)cc1.